The van der Waals surface area contributed by atoms with Gasteiger partial charge in [-0.2, -0.15) is 0 Å². The second kappa shape index (κ2) is 6.33. The first-order valence-electron chi connectivity index (χ1n) is 6.94. The summed E-state index contributed by atoms with van der Waals surface area (Å²) >= 11 is 0. The Morgan fingerprint density at radius 1 is 1.08 bits per heavy atom. The van der Waals surface area contributed by atoms with Crippen molar-refractivity contribution in [2.75, 3.05) is 4.90 Å². The van der Waals surface area contributed by atoms with Gasteiger partial charge in [-0.25, -0.2) is 14.1 Å². The van der Waals surface area contributed by atoms with Crippen LogP contribution in [0.25, 0.3) is 6.08 Å². The van der Waals surface area contributed by atoms with Gasteiger partial charge in [0.05, 0.1) is 12.0 Å². The lowest BCUT2D eigenvalue weighted by molar-refractivity contribution is -0.122. The van der Waals surface area contributed by atoms with Gasteiger partial charge >= 0.3 is 6.03 Å². The van der Waals surface area contributed by atoms with E-state index in [-0.39, 0.29) is 11.3 Å². The molecule has 1 saturated heterocycles. The lowest BCUT2D eigenvalue weighted by atomic mass is 10.1. The number of hydrogen-bond donors (Lipinski definition) is 1. The Hall–Kier alpha value is -3.48. The monoisotopic (exact) mass is 326 g/mol. The van der Waals surface area contributed by atoms with Gasteiger partial charge in [-0.05, 0) is 36.4 Å². The molecule has 1 aromatic carbocycles. The van der Waals surface area contributed by atoms with Crippen LogP contribution < -0.4 is 10.2 Å². The molecule has 0 spiro atoms. The number of carbonyl (C=O) groups is 3. The molecule has 0 bridgehead atoms. The van der Waals surface area contributed by atoms with Gasteiger partial charge in [-0.3, -0.25) is 14.9 Å². The maximum Gasteiger partial charge on any atom is 0.336 e. The second-order valence-electron chi connectivity index (χ2n) is 4.81. The zero-order valence-electron chi connectivity index (χ0n) is 12.2. The maximum atomic E-state index is 13.9. The van der Waals surface area contributed by atoms with Crippen LogP contribution in [0.2, 0.25) is 0 Å². The molecule has 3 rings (SSSR count). The van der Waals surface area contributed by atoms with Crippen molar-refractivity contribution >= 4 is 29.6 Å². The minimum atomic E-state index is -0.998. The van der Waals surface area contributed by atoms with Crippen LogP contribution in [0.1, 0.15) is 5.76 Å². The number of benzene rings is 1. The SMILES string of the molecule is O=C1NC(=O)N(c2ccccc2F)C(=O)/C1=C/C=C/c1ccco1. The van der Waals surface area contributed by atoms with Crippen molar-refractivity contribution < 1.29 is 23.2 Å². The number of para-hydroxylation sites is 1. The first-order valence-corrected chi connectivity index (χ1v) is 6.94. The molecule has 1 aliphatic heterocycles. The van der Waals surface area contributed by atoms with Crippen molar-refractivity contribution in [3.05, 3.63) is 72.0 Å². The molecule has 4 amide bonds. The minimum Gasteiger partial charge on any atom is -0.465 e. The Labute approximate surface area is 135 Å². The van der Waals surface area contributed by atoms with Crippen molar-refractivity contribution in [1.82, 2.24) is 5.32 Å². The van der Waals surface area contributed by atoms with Gasteiger partial charge in [0.25, 0.3) is 11.8 Å². The van der Waals surface area contributed by atoms with Crippen LogP contribution in [0.5, 0.6) is 0 Å². The van der Waals surface area contributed by atoms with Gasteiger partial charge in [0.15, 0.2) is 0 Å². The van der Waals surface area contributed by atoms with E-state index in [1.54, 1.807) is 12.1 Å². The van der Waals surface area contributed by atoms with Gasteiger partial charge in [-0.15, -0.1) is 0 Å². The van der Waals surface area contributed by atoms with E-state index >= 15 is 0 Å². The fourth-order valence-electron chi connectivity index (χ4n) is 2.15. The van der Waals surface area contributed by atoms with Gasteiger partial charge in [-0.1, -0.05) is 18.2 Å². The Bertz CT molecular complexity index is 868. The lowest BCUT2D eigenvalue weighted by Crippen LogP contribution is -2.54. The third kappa shape index (κ3) is 2.87. The van der Waals surface area contributed by atoms with E-state index in [2.05, 4.69) is 0 Å². The number of barbiturate groups is 1. The van der Waals surface area contributed by atoms with Crippen LogP contribution in [0, 0.1) is 5.82 Å². The first-order chi connectivity index (χ1) is 11.6. The molecular formula is C17H11FN2O4. The van der Waals surface area contributed by atoms with Crippen LogP contribution in [-0.4, -0.2) is 17.8 Å². The Morgan fingerprint density at radius 2 is 1.88 bits per heavy atom. The summed E-state index contributed by atoms with van der Waals surface area (Å²) in [6.07, 6.45) is 5.68. The summed E-state index contributed by atoms with van der Waals surface area (Å²) in [5.74, 6) is -1.97. The van der Waals surface area contributed by atoms with Gasteiger partial charge in [0, 0.05) is 0 Å². The lowest BCUT2D eigenvalue weighted by Gasteiger charge is -2.26. The summed E-state index contributed by atoms with van der Waals surface area (Å²) in [6.45, 7) is 0. The van der Waals surface area contributed by atoms with Crippen molar-refractivity contribution in [2.24, 2.45) is 0 Å². The van der Waals surface area contributed by atoms with E-state index in [0.717, 1.165) is 6.07 Å². The number of amides is 4. The number of furan rings is 1. The molecule has 1 aromatic heterocycles. The number of hydrogen-bond acceptors (Lipinski definition) is 4. The van der Waals surface area contributed by atoms with Crippen molar-refractivity contribution in [3.63, 3.8) is 0 Å². The van der Waals surface area contributed by atoms with Crippen LogP contribution >= 0.6 is 0 Å². The zero-order chi connectivity index (χ0) is 17.1. The standard InChI is InChI=1S/C17H11FN2O4/c18-13-8-1-2-9-14(13)20-16(22)12(15(21)19-17(20)23)7-3-5-11-6-4-10-24-11/h1-10H,(H,19,21,23)/b5-3+,12-7+. The van der Waals surface area contributed by atoms with Crippen LogP contribution in [-0.2, 0) is 9.59 Å². The van der Waals surface area contributed by atoms with Crippen molar-refractivity contribution in [1.29, 1.82) is 0 Å². The number of allylic oxidation sites excluding steroid dienone is 2. The molecule has 2 aromatic rings. The highest BCUT2D eigenvalue weighted by atomic mass is 19.1. The van der Waals surface area contributed by atoms with E-state index in [1.807, 2.05) is 5.32 Å². The quantitative estimate of drug-likeness (QED) is 0.694. The number of halogens is 1. The fraction of sp³-hybridized carbons (Fsp3) is 0. The Kier molecular flexibility index (Phi) is 4.07. The van der Waals surface area contributed by atoms with E-state index in [9.17, 15) is 18.8 Å². The highest BCUT2D eigenvalue weighted by Crippen LogP contribution is 2.23. The summed E-state index contributed by atoms with van der Waals surface area (Å²) in [5, 5.41) is 2.01. The zero-order valence-corrected chi connectivity index (χ0v) is 12.2. The summed E-state index contributed by atoms with van der Waals surface area (Å²) < 4.78 is 19.0. The topological polar surface area (TPSA) is 79.6 Å². The number of nitrogens with one attached hydrogen (secondary N) is 1. The van der Waals surface area contributed by atoms with Crippen molar-refractivity contribution in [3.8, 4) is 0 Å². The third-order valence-electron chi connectivity index (χ3n) is 3.26. The number of anilines is 1. The molecule has 6 nitrogen and oxygen atoms in total. The summed E-state index contributed by atoms with van der Waals surface area (Å²) in [6, 6.07) is 7.68. The highest BCUT2D eigenvalue weighted by Gasteiger charge is 2.37. The summed E-state index contributed by atoms with van der Waals surface area (Å²) in [7, 11) is 0. The fourth-order valence-corrected chi connectivity index (χ4v) is 2.15. The number of imide groups is 2. The second-order valence-corrected chi connectivity index (χ2v) is 4.81. The number of carbonyl (C=O) groups excluding carboxylic acids is 3. The molecule has 1 fully saturated rings. The molecule has 2 heterocycles. The molecule has 0 radical (unpaired) electrons. The number of urea groups is 1. The van der Waals surface area contributed by atoms with E-state index in [4.69, 9.17) is 4.42 Å². The van der Waals surface area contributed by atoms with Crippen LogP contribution in [0.3, 0.4) is 0 Å². The van der Waals surface area contributed by atoms with Crippen molar-refractivity contribution in [2.45, 2.75) is 0 Å². The highest BCUT2D eigenvalue weighted by molar-refractivity contribution is 6.37. The summed E-state index contributed by atoms with van der Waals surface area (Å²) in [4.78, 5) is 36.8. The van der Waals surface area contributed by atoms with Gasteiger partial charge in [0.1, 0.15) is 17.2 Å². The van der Waals surface area contributed by atoms with Gasteiger partial charge < -0.3 is 4.42 Å². The average molecular weight is 326 g/mol. The number of rotatable bonds is 3. The summed E-state index contributed by atoms with van der Waals surface area (Å²) in [5.41, 5.74) is -0.519. The molecule has 120 valence electrons. The van der Waals surface area contributed by atoms with Gasteiger partial charge in [0.2, 0.25) is 0 Å². The van der Waals surface area contributed by atoms with Crippen LogP contribution in [0.15, 0.2) is 64.8 Å². The predicted octanol–water partition coefficient (Wildman–Crippen LogP) is 2.64. The van der Waals surface area contributed by atoms with E-state index in [1.165, 1.54) is 42.7 Å². The van der Waals surface area contributed by atoms with E-state index in [0.29, 0.717) is 10.7 Å². The normalized spacial score (nSPS) is 17.0. The van der Waals surface area contributed by atoms with E-state index < -0.39 is 23.7 Å². The molecule has 0 atom stereocenters. The smallest absolute Gasteiger partial charge is 0.336 e. The first kappa shape index (κ1) is 15.4. The molecule has 24 heavy (non-hydrogen) atoms. The van der Waals surface area contributed by atoms with Crippen LogP contribution in [0.4, 0.5) is 14.9 Å². The molecule has 1 N–H and O–H groups in total. The molecule has 1 aliphatic rings. The molecule has 0 saturated carbocycles. The Balaban J connectivity index is 1.93. The average Bonchev–Trinajstić information content (AvgIpc) is 3.05. The molecule has 0 aliphatic carbocycles. The molecule has 7 heteroatoms. The molecular weight excluding hydrogens is 315 g/mol. The minimum absolute atomic E-state index is 0.228. The maximum absolute atomic E-state index is 13.9. The third-order valence-corrected chi connectivity index (χ3v) is 3.26. The molecule has 0 unspecified atom stereocenters. The predicted molar refractivity (Wildman–Crippen MR) is 83.2 cm³/mol. The Morgan fingerprint density at radius 3 is 2.58 bits per heavy atom. The number of nitrogens with zero attached hydrogens (tertiary/aromatic N) is 1. The largest absolute Gasteiger partial charge is 0.465 e.